The lowest BCUT2D eigenvalue weighted by Crippen LogP contribution is -2.69. The zero-order valence-electron chi connectivity index (χ0n) is 46.9. The number of esters is 2. The highest BCUT2D eigenvalue weighted by atomic mass is 31.2. The lowest BCUT2D eigenvalue weighted by Gasteiger charge is -2.49. The maximum atomic E-state index is 14.0. The molecule has 16 atom stereocenters. The lowest BCUT2D eigenvalue weighted by atomic mass is 9.84. The molecule has 12 N–H and O–H groups in total. The SMILES string of the molecule is CCCCCCCC/C=C\CCCCCC(=O)OCC(COP(=O)(O)OC1C(OC2OC(CO)C(O)C(O)C2O)C(O)C(O)C(O)C1OC1OC(CO)C(O)C(O)C1O)OC(=O)CCCCCCCCCCCCCCCCC. The average Bonchev–Trinajstić information content (AvgIpc) is 3.46. The van der Waals surface area contributed by atoms with Crippen molar-refractivity contribution in [3.63, 3.8) is 0 Å². The molecule has 0 bridgehead atoms. The molecule has 0 aromatic rings. The molecule has 0 aromatic heterocycles. The topological polar surface area (TPSA) is 368 Å². The fourth-order valence-corrected chi connectivity index (χ4v) is 10.8. The number of phosphoric ester groups is 1. The third-order valence-electron chi connectivity index (χ3n) is 14.8. The van der Waals surface area contributed by atoms with Crippen LogP contribution in [0.3, 0.4) is 0 Å². The average molecular weight is 1160 g/mol. The van der Waals surface area contributed by atoms with E-state index in [2.05, 4.69) is 26.0 Å². The molecule has 1 saturated carbocycles. The Morgan fingerprint density at radius 2 is 0.835 bits per heavy atom. The van der Waals surface area contributed by atoms with Crippen LogP contribution in [-0.4, -0.2) is 204 Å². The number of hydrogen-bond acceptors (Lipinski definition) is 22. The summed E-state index contributed by atoms with van der Waals surface area (Å²) in [5.74, 6) is -1.35. The number of carbonyl (C=O) groups is 2. The predicted molar refractivity (Wildman–Crippen MR) is 287 cm³/mol. The van der Waals surface area contributed by atoms with E-state index in [0.29, 0.717) is 12.8 Å². The maximum Gasteiger partial charge on any atom is 0.472 e. The summed E-state index contributed by atoms with van der Waals surface area (Å²) in [6.45, 7) is 0.990. The van der Waals surface area contributed by atoms with Crippen LogP contribution < -0.4 is 0 Å². The van der Waals surface area contributed by atoms with Gasteiger partial charge in [0.15, 0.2) is 18.7 Å². The number of rotatable bonds is 43. The van der Waals surface area contributed by atoms with E-state index in [1.807, 2.05) is 0 Å². The molecule has 3 aliphatic rings. The van der Waals surface area contributed by atoms with Gasteiger partial charge >= 0.3 is 19.8 Å². The Bertz CT molecular complexity index is 1630. The first-order chi connectivity index (χ1) is 37.9. The van der Waals surface area contributed by atoms with Crippen molar-refractivity contribution in [1.82, 2.24) is 0 Å². The molecule has 2 saturated heterocycles. The third-order valence-corrected chi connectivity index (χ3v) is 15.8. The fourth-order valence-electron chi connectivity index (χ4n) is 9.88. The minimum atomic E-state index is -5.63. The van der Waals surface area contributed by atoms with Crippen molar-refractivity contribution in [3.05, 3.63) is 12.2 Å². The summed E-state index contributed by atoms with van der Waals surface area (Å²) in [5, 5.41) is 117. The molecule has 16 unspecified atom stereocenters. The van der Waals surface area contributed by atoms with E-state index in [1.54, 1.807) is 0 Å². The molecule has 79 heavy (non-hydrogen) atoms. The first kappa shape index (κ1) is 71.5. The minimum Gasteiger partial charge on any atom is -0.462 e. The Morgan fingerprint density at radius 3 is 1.25 bits per heavy atom. The van der Waals surface area contributed by atoms with Crippen molar-refractivity contribution in [2.75, 3.05) is 26.4 Å². The van der Waals surface area contributed by atoms with E-state index in [-0.39, 0.29) is 12.8 Å². The van der Waals surface area contributed by atoms with Gasteiger partial charge < -0.3 is 89.5 Å². The number of unbranched alkanes of at least 4 members (excludes halogenated alkanes) is 23. The van der Waals surface area contributed by atoms with E-state index in [4.69, 9.17) is 37.5 Å². The van der Waals surface area contributed by atoms with Crippen LogP contribution in [0, 0.1) is 0 Å². The Morgan fingerprint density at radius 1 is 0.468 bits per heavy atom. The molecule has 0 amide bonds. The van der Waals surface area contributed by atoms with Gasteiger partial charge in [-0.05, 0) is 38.5 Å². The van der Waals surface area contributed by atoms with Gasteiger partial charge in [-0.1, -0.05) is 154 Å². The molecule has 24 heteroatoms. The van der Waals surface area contributed by atoms with Gasteiger partial charge in [-0.2, -0.15) is 0 Å². The number of hydrogen-bond donors (Lipinski definition) is 12. The lowest BCUT2D eigenvalue weighted by molar-refractivity contribution is -0.360. The van der Waals surface area contributed by atoms with Crippen LogP contribution in [-0.2, 0) is 51.6 Å². The van der Waals surface area contributed by atoms with Gasteiger partial charge in [0, 0.05) is 12.8 Å². The monoisotopic (exact) mass is 1160 g/mol. The summed E-state index contributed by atoms with van der Waals surface area (Å²) >= 11 is 0. The van der Waals surface area contributed by atoms with Crippen molar-refractivity contribution in [1.29, 1.82) is 0 Å². The van der Waals surface area contributed by atoms with E-state index in [0.717, 1.165) is 64.2 Å². The molecule has 0 aromatic carbocycles. The number of phosphoric acid groups is 1. The number of aliphatic hydroxyl groups is 11. The summed E-state index contributed by atoms with van der Waals surface area (Å²) in [6, 6.07) is 0. The maximum absolute atomic E-state index is 14.0. The van der Waals surface area contributed by atoms with Crippen LogP contribution in [0.2, 0.25) is 0 Å². The summed E-state index contributed by atoms with van der Waals surface area (Å²) in [4.78, 5) is 37.5. The molecular weight excluding hydrogens is 1060 g/mol. The normalized spacial score (nSPS) is 31.5. The summed E-state index contributed by atoms with van der Waals surface area (Å²) in [6.07, 6.45) is -2.30. The van der Waals surface area contributed by atoms with Gasteiger partial charge in [0.05, 0.1) is 19.8 Å². The molecular formula is C55H101O23P. The zero-order chi connectivity index (χ0) is 58.2. The molecule has 464 valence electrons. The second-order valence-corrected chi connectivity index (χ2v) is 22.9. The third kappa shape index (κ3) is 26.3. The molecule has 23 nitrogen and oxygen atoms in total. The number of allylic oxidation sites excluding steroid dienone is 2. The molecule has 2 heterocycles. The molecule has 0 spiro atoms. The smallest absolute Gasteiger partial charge is 0.462 e. The fraction of sp³-hybridized carbons (Fsp3) is 0.927. The van der Waals surface area contributed by atoms with Crippen molar-refractivity contribution in [2.45, 2.75) is 298 Å². The van der Waals surface area contributed by atoms with Crippen molar-refractivity contribution in [2.24, 2.45) is 0 Å². The molecule has 1 aliphatic carbocycles. The highest BCUT2D eigenvalue weighted by Crippen LogP contribution is 2.49. The van der Waals surface area contributed by atoms with E-state index >= 15 is 0 Å². The van der Waals surface area contributed by atoms with Crippen molar-refractivity contribution >= 4 is 19.8 Å². The molecule has 3 fully saturated rings. The highest BCUT2D eigenvalue weighted by Gasteiger charge is 2.58. The van der Waals surface area contributed by atoms with Gasteiger partial charge in [0.25, 0.3) is 0 Å². The van der Waals surface area contributed by atoms with E-state index < -0.39 is 150 Å². The van der Waals surface area contributed by atoms with Crippen LogP contribution in [0.25, 0.3) is 0 Å². The molecule has 3 rings (SSSR count). The zero-order valence-corrected chi connectivity index (χ0v) is 47.8. The Kier molecular flexibility index (Phi) is 36.6. The quantitative estimate of drug-likeness (QED) is 0.0178. The number of carbonyl (C=O) groups excluding carboxylic acids is 2. The summed E-state index contributed by atoms with van der Waals surface area (Å²) < 4.78 is 58.1. The Balaban J connectivity index is 1.71. The van der Waals surface area contributed by atoms with Crippen LogP contribution in [0.1, 0.15) is 194 Å². The van der Waals surface area contributed by atoms with Gasteiger partial charge in [-0.15, -0.1) is 0 Å². The van der Waals surface area contributed by atoms with Gasteiger partial charge in [-0.25, -0.2) is 4.57 Å². The van der Waals surface area contributed by atoms with Gasteiger partial charge in [-0.3, -0.25) is 18.6 Å². The van der Waals surface area contributed by atoms with Crippen LogP contribution >= 0.6 is 7.82 Å². The van der Waals surface area contributed by atoms with Gasteiger partial charge in [0.1, 0.15) is 92.1 Å². The van der Waals surface area contributed by atoms with E-state index in [1.165, 1.54) is 89.9 Å². The number of ether oxygens (including phenoxy) is 6. The summed E-state index contributed by atoms with van der Waals surface area (Å²) in [5.41, 5.74) is 0. The predicted octanol–water partition coefficient (Wildman–Crippen LogP) is 3.93. The van der Waals surface area contributed by atoms with Crippen LogP contribution in [0.4, 0.5) is 0 Å². The highest BCUT2D eigenvalue weighted by molar-refractivity contribution is 7.47. The largest absolute Gasteiger partial charge is 0.472 e. The Hall–Kier alpha value is -1.81. The van der Waals surface area contributed by atoms with Crippen molar-refractivity contribution < 1.29 is 113 Å². The second-order valence-electron chi connectivity index (χ2n) is 21.5. The number of aliphatic hydroxyl groups excluding tert-OH is 11. The first-order valence-electron chi connectivity index (χ1n) is 29.5. The summed E-state index contributed by atoms with van der Waals surface area (Å²) in [7, 11) is -5.63. The Labute approximate surface area is 467 Å². The van der Waals surface area contributed by atoms with Crippen LogP contribution in [0.5, 0.6) is 0 Å². The minimum absolute atomic E-state index is 0.0302. The molecule has 2 aliphatic heterocycles. The first-order valence-corrected chi connectivity index (χ1v) is 31.0. The standard InChI is InChI=1S/C55H101O23P/c1-3-5-7-9-11-13-15-17-18-20-22-24-26-28-30-32-41(59)73-37(35-71-40(58)31-29-27-25-23-21-19-16-14-12-10-8-6-4-2)36-72-79(69,70)78-53-51(76-54-49(67)44(62)42(60)38(33-56)74-54)47(65)46(64)48(66)52(53)77-55-50(68)45(63)43(61)39(34-57)75-55/h19,21,37-39,42-57,60-68H,3-18,20,22-36H2,1-2H3,(H,69,70)/b21-19-. The van der Waals surface area contributed by atoms with E-state index in [9.17, 15) is 75.2 Å². The second kappa shape index (κ2) is 40.5. The van der Waals surface area contributed by atoms with Crippen molar-refractivity contribution in [3.8, 4) is 0 Å². The molecule has 0 radical (unpaired) electrons. The van der Waals surface area contributed by atoms with Gasteiger partial charge in [0.2, 0.25) is 0 Å². The van der Waals surface area contributed by atoms with Crippen LogP contribution in [0.15, 0.2) is 12.2 Å².